The normalized spacial score (nSPS) is 24.5. The molecule has 5 nitrogen and oxygen atoms in total. The Labute approximate surface area is 173 Å². The predicted molar refractivity (Wildman–Crippen MR) is 115 cm³/mol. The summed E-state index contributed by atoms with van der Waals surface area (Å²) in [7, 11) is -3.10. The molecule has 2 fully saturated rings. The number of fused-ring (bicyclic) bond motifs is 1. The Balaban J connectivity index is 1.63. The Morgan fingerprint density at radius 3 is 2.68 bits per heavy atom. The Morgan fingerprint density at radius 1 is 1.21 bits per heavy atom. The Hall–Kier alpha value is -1.83. The summed E-state index contributed by atoms with van der Waals surface area (Å²) in [5.41, 5.74) is 2.79. The number of aryl methyl sites for hydroxylation is 1. The molecule has 0 unspecified atom stereocenters. The van der Waals surface area contributed by atoms with Crippen LogP contribution in [0, 0.1) is 6.92 Å². The number of aliphatic imine (C=N–C) groups is 1. The highest BCUT2D eigenvalue weighted by Crippen LogP contribution is 2.41. The number of amides is 1. The number of hydrogen-bond donors (Lipinski definition) is 0. The zero-order chi connectivity index (χ0) is 19.9. The van der Waals surface area contributed by atoms with Gasteiger partial charge in [0.05, 0.1) is 24.0 Å². The average Bonchev–Trinajstić information content (AvgIpc) is 3.07. The third-order valence-corrected chi connectivity index (χ3v) is 8.29. The van der Waals surface area contributed by atoms with Gasteiger partial charge in [-0.25, -0.2) is 8.42 Å². The molecule has 2 aliphatic rings. The van der Waals surface area contributed by atoms with Gasteiger partial charge in [0.25, 0.3) is 5.91 Å². The number of carbonyl (C=O) groups excluding carboxylic acids is 1. The van der Waals surface area contributed by atoms with Crippen LogP contribution in [0.2, 0.25) is 5.02 Å². The second kappa shape index (κ2) is 7.54. The van der Waals surface area contributed by atoms with Crippen molar-refractivity contribution in [1.29, 1.82) is 0 Å². The summed E-state index contributed by atoms with van der Waals surface area (Å²) < 4.78 is 24.2. The minimum atomic E-state index is -3.10. The molecule has 2 aromatic carbocycles. The summed E-state index contributed by atoms with van der Waals surface area (Å²) in [6, 6.07) is 14.7. The second-order valence-electron chi connectivity index (χ2n) is 7.10. The number of benzene rings is 2. The number of anilines is 1. The number of halogens is 1. The lowest BCUT2D eigenvalue weighted by molar-refractivity contribution is -0.117. The molecule has 1 amide bonds. The molecule has 8 heteroatoms. The van der Waals surface area contributed by atoms with E-state index in [-0.39, 0.29) is 35.1 Å². The van der Waals surface area contributed by atoms with Gasteiger partial charge in [0.2, 0.25) is 0 Å². The van der Waals surface area contributed by atoms with E-state index >= 15 is 0 Å². The highest BCUT2D eigenvalue weighted by Gasteiger charge is 2.49. The number of carbonyl (C=O) groups is 1. The Kier molecular flexibility index (Phi) is 5.24. The number of nitrogens with zero attached hydrogens (tertiary/aromatic N) is 2. The molecule has 0 bridgehead atoms. The van der Waals surface area contributed by atoms with Crippen molar-refractivity contribution in [3.8, 4) is 0 Å². The van der Waals surface area contributed by atoms with Crippen molar-refractivity contribution in [1.82, 2.24) is 0 Å². The number of thioether (sulfide) groups is 1. The van der Waals surface area contributed by atoms with Crippen LogP contribution < -0.4 is 4.90 Å². The molecule has 0 spiro atoms. The maximum atomic E-state index is 12.6. The van der Waals surface area contributed by atoms with Crippen LogP contribution in [0.25, 0.3) is 0 Å². The zero-order valence-electron chi connectivity index (χ0n) is 15.2. The van der Waals surface area contributed by atoms with Crippen LogP contribution in [0.5, 0.6) is 0 Å². The molecule has 0 aliphatic carbocycles. The monoisotopic (exact) mass is 434 g/mol. The molecule has 0 aromatic heterocycles. The van der Waals surface area contributed by atoms with E-state index in [1.807, 2.05) is 48.2 Å². The van der Waals surface area contributed by atoms with E-state index in [1.165, 1.54) is 11.8 Å². The van der Waals surface area contributed by atoms with Crippen LogP contribution >= 0.6 is 23.4 Å². The molecular weight excluding hydrogens is 416 g/mol. The molecule has 0 saturated carbocycles. The zero-order valence-corrected chi connectivity index (χ0v) is 17.6. The molecule has 146 valence electrons. The van der Waals surface area contributed by atoms with Crippen LogP contribution in [0.15, 0.2) is 53.5 Å². The van der Waals surface area contributed by atoms with Crippen molar-refractivity contribution < 1.29 is 13.2 Å². The predicted octanol–water partition coefficient (Wildman–Crippen LogP) is 3.49. The molecule has 28 heavy (non-hydrogen) atoms. The van der Waals surface area contributed by atoms with Gasteiger partial charge in [-0.3, -0.25) is 4.79 Å². The third-order valence-electron chi connectivity index (χ3n) is 4.85. The summed E-state index contributed by atoms with van der Waals surface area (Å²) in [6.45, 7) is 2.00. The van der Waals surface area contributed by atoms with Gasteiger partial charge in [-0.15, -0.1) is 0 Å². The Bertz CT molecular complexity index is 1050. The van der Waals surface area contributed by atoms with Gasteiger partial charge in [-0.2, -0.15) is 4.99 Å². The summed E-state index contributed by atoms with van der Waals surface area (Å²) in [4.78, 5) is 18.8. The van der Waals surface area contributed by atoms with Crippen LogP contribution in [0.1, 0.15) is 11.1 Å². The number of sulfone groups is 1. The molecule has 2 aromatic rings. The first-order chi connectivity index (χ1) is 13.3. The summed E-state index contributed by atoms with van der Waals surface area (Å²) in [5, 5.41) is 0.969. The Morgan fingerprint density at radius 2 is 1.96 bits per heavy atom. The molecule has 0 N–H and O–H groups in total. The SMILES string of the molecule is Cc1ccc(CC(=O)N=C2S[C@@H]3CS(=O)(=O)C[C@@H]3N2c2cccc(Cl)c2)cc1. The maximum absolute atomic E-state index is 12.6. The van der Waals surface area contributed by atoms with Crippen LogP contribution in [-0.2, 0) is 21.1 Å². The smallest absolute Gasteiger partial charge is 0.252 e. The van der Waals surface area contributed by atoms with Crippen molar-refractivity contribution in [2.75, 3.05) is 16.4 Å². The third kappa shape index (κ3) is 4.11. The fraction of sp³-hybridized carbons (Fsp3) is 0.300. The first kappa shape index (κ1) is 19.5. The topological polar surface area (TPSA) is 66.8 Å². The van der Waals surface area contributed by atoms with Crippen molar-refractivity contribution in [2.24, 2.45) is 4.99 Å². The number of hydrogen-bond acceptors (Lipinski definition) is 4. The molecule has 2 atom stereocenters. The standard InChI is InChI=1S/C20H19ClN2O3S2/c1-13-5-7-14(8-6-13)9-19(24)22-20-23(16-4-2-3-15(21)10-16)17-11-28(25,26)12-18(17)27-20/h2-8,10,17-18H,9,11-12H2,1H3/t17-,18+/m0/s1. The van der Waals surface area contributed by atoms with Gasteiger partial charge in [0.1, 0.15) is 0 Å². The van der Waals surface area contributed by atoms with E-state index in [0.717, 1.165) is 16.8 Å². The fourth-order valence-electron chi connectivity index (χ4n) is 3.52. The lowest BCUT2D eigenvalue weighted by Gasteiger charge is -2.24. The van der Waals surface area contributed by atoms with E-state index in [1.54, 1.807) is 12.1 Å². The van der Waals surface area contributed by atoms with Crippen LogP contribution in [0.3, 0.4) is 0 Å². The van der Waals surface area contributed by atoms with Gasteiger partial charge >= 0.3 is 0 Å². The van der Waals surface area contributed by atoms with Gasteiger partial charge in [0.15, 0.2) is 15.0 Å². The maximum Gasteiger partial charge on any atom is 0.252 e. The van der Waals surface area contributed by atoms with Gasteiger partial charge in [0, 0.05) is 16.0 Å². The van der Waals surface area contributed by atoms with Gasteiger partial charge in [-0.1, -0.05) is 59.3 Å². The molecule has 2 heterocycles. The lowest BCUT2D eigenvalue weighted by Crippen LogP contribution is -2.37. The van der Waals surface area contributed by atoms with E-state index in [2.05, 4.69) is 4.99 Å². The molecule has 2 aliphatic heterocycles. The molecular formula is C20H19ClN2O3S2. The highest BCUT2D eigenvalue weighted by atomic mass is 35.5. The quantitative estimate of drug-likeness (QED) is 0.739. The lowest BCUT2D eigenvalue weighted by atomic mass is 10.1. The van der Waals surface area contributed by atoms with Crippen molar-refractivity contribution in [2.45, 2.75) is 24.6 Å². The summed E-state index contributed by atoms with van der Waals surface area (Å²) >= 11 is 7.50. The summed E-state index contributed by atoms with van der Waals surface area (Å²) in [5.74, 6) is -0.0892. The molecule has 0 radical (unpaired) electrons. The van der Waals surface area contributed by atoms with Gasteiger partial charge in [-0.05, 0) is 30.7 Å². The molecule has 4 rings (SSSR count). The van der Waals surface area contributed by atoms with Crippen molar-refractivity contribution in [3.63, 3.8) is 0 Å². The molecule has 2 saturated heterocycles. The van der Waals surface area contributed by atoms with E-state index in [4.69, 9.17) is 11.6 Å². The minimum absolute atomic E-state index is 0.0579. The first-order valence-corrected chi connectivity index (χ1v) is 12.0. The number of amidine groups is 1. The second-order valence-corrected chi connectivity index (χ2v) is 10.9. The van der Waals surface area contributed by atoms with Crippen LogP contribution in [-0.4, -0.2) is 42.3 Å². The van der Waals surface area contributed by atoms with Crippen LogP contribution in [0.4, 0.5) is 5.69 Å². The van der Waals surface area contributed by atoms with E-state index in [9.17, 15) is 13.2 Å². The average molecular weight is 435 g/mol. The fourth-order valence-corrected chi connectivity index (χ4v) is 7.63. The minimum Gasteiger partial charge on any atom is -0.316 e. The number of rotatable bonds is 3. The van der Waals surface area contributed by atoms with Crippen molar-refractivity contribution in [3.05, 3.63) is 64.7 Å². The largest absolute Gasteiger partial charge is 0.316 e. The van der Waals surface area contributed by atoms with E-state index < -0.39 is 9.84 Å². The first-order valence-electron chi connectivity index (χ1n) is 8.90. The van der Waals surface area contributed by atoms with Crippen molar-refractivity contribution >= 4 is 50.0 Å². The van der Waals surface area contributed by atoms with E-state index in [0.29, 0.717) is 10.2 Å². The summed E-state index contributed by atoms with van der Waals surface area (Å²) in [6.07, 6.45) is 0.210. The highest BCUT2D eigenvalue weighted by molar-refractivity contribution is 8.16. The van der Waals surface area contributed by atoms with Gasteiger partial charge < -0.3 is 4.90 Å².